The minimum atomic E-state index is -3.32. The second-order valence-corrected chi connectivity index (χ2v) is 10.5. The number of fused-ring (bicyclic) bond motifs is 2. The van der Waals surface area contributed by atoms with Gasteiger partial charge in [0.05, 0.1) is 10.6 Å². The molecule has 0 spiro atoms. The van der Waals surface area contributed by atoms with E-state index in [1.165, 1.54) is 12.8 Å². The number of aromatic amines is 1. The zero-order valence-electron chi connectivity index (χ0n) is 16.7. The Bertz CT molecular complexity index is 1280. The summed E-state index contributed by atoms with van der Waals surface area (Å²) in [6.07, 6.45) is 7.51. The van der Waals surface area contributed by atoms with Crippen LogP contribution in [0.5, 0.6) is 0 Å². The molecule has 3 heterocycles. The third-order valence-electron chi connectivity index (χ3n) is 6.29. The highest BCUT2D eigenvalue weighted by molar-refractivity contribution is 7.91. The summed E-state index contributed by atoms with van der Waals surface area (Å²) in [7, 11) is -1.59. The van der Waals surface area contributed by atoms with Gasteiger partial charge in [0, 0.05) is 54.7 Å². The van der Waals surface area contributed by atoms with Crippen LogP contribution in [-0.2, 0) is 23.4 Å². The smallest absolute Gasteiger partial charge is 0.274 e. The van der Waals surface area contributed by atoms with Crippen LogP contribution in [0, 0.1) is 5.92 Å². The molecule has 0 radical (unpaired) electrons. The molecule has 5 rings (SSSR count). The Balaban J connectivity index is 1.77. The van der Waals surface area contributed by atoms with Crippen LogP contribution in [0.15, 0.2) is 40.3 Å². The predicted molar refractivity (Wildman–Crippen MR) is 115 cm³/mol. The number of H-pyrrole nitrogens is 1. The number of hydrogen-bond acceptors (Lipinski definition) is 4. The van der Waals surface area contributed by atoms with E-state index in [9.17, 15) is 13.2 Å². The summed E-state index contributed by atoms with van der Waals surface area (Å²) in [5.41, 5.74) is 4.43. The van der Waals surface area contributed by atoms with Crippen molar-refractivity contribution in [3.8, 4) is 11.1 Å². The van der Waals surface area contributed by atoms with Crippen LogP contribution in [0.3, 0.4) is 0 Å². The normalized spacial score (nSPS) is 16.1. The monoisotopic (exact) mass is 411 g/mol. The molecule has 7 heteroatoms. The summed E-state index contributed by atoms with van der Waals surface area (Å²) < 4.78 is 26.7. The first-order chi connectivity index (χ1) is 13.9. The van der Waals surface area contributed by atoms with Gasteiger partial charge in [-0.05, 0) is 36.1 Å². The van der Waals surface area contributed by atoms with E-state index in [4.69, 9.17) is 0 Å². The molecular weight excluding hydrogens is 386 g/mol. The lowest BCUT2D eigenvalue weighted by Crippen LogP contribution is -2.24. The molecule has 1 saturated carbocycles. The highest BCUT2D eigenvalue weighted by Gasteiger charge is 2.28. The molecule has 1 N–H and O–H groups in total. The van der Waals surface area contributed by atoms with E-state index in [-0.39, 0.29) is 11.3 Å². The lowest BCUT2D eigenvalue weighted by atomic mass is 10.0. The minimum Gasteiger partial charge on any atom is -0.367 e. The van der Waals surface area contributed by atoms with Gasteiger partial charge >= 0.3 is 0 Å². The van der Waals surface area contributed by atoms with Gasteiger partial charge in [-0.1, -0.05) is 19.8 Å². The number of sulfone groups is 1. The fourth-order valence-electron chi connectivity index (χ4n) is 4.36. The maximum absolute atomic E-state index is 12.7. The zero-order chi connectivity index (χ0) is 20.3. The predicted octanol–water partition coefficient (Wildman–Crippen LogP) is 3.45. The van der Waals surface area contributed by atoms with Crippen LogP contribution < -0.4 is 10.5 Å². The molecule has 0 amide bonds. The van der Waals surface area contributed by atoms with Gasteiger partial charge in [-0.3, -0.25) is 4.79 Å². The largest absolute Gasteiger partial charge is 0.367 e. The molecule has 0 bridgehead atoms. The van der Waals surface area contributed by atoms with Crippen molar-refractivity contribution in [2.75, 3.05) is 17.2 Å². The SMILES string of the molecule is CCS(=O)(=O)c1ccc2c(c1)-c1cn(C)c(=O)c3[nH]cc(c13)CN2CCC1CC1. The van der Waals surface area contributed by atoms with Crippen LogP contribution in [0.1, 0.15) is 31.7 Å². The van der Waals surface area contributed by atoms with Gasteiger partial charge in [-0.2, -0.15) is 0 Å². The Hall–Kier alpha value is -2.54. The van der Waals surface area contributed by atoms with E-state index in [0.29, 0.717) is 17.0 Å². The summed E-state index contributed by atoms with van der Waals surface area (Å²) in [4.78, 5) is 18.5. The third-order valence-corrected chi connectivity index (χ3v) is 8.02. The Morgan fingerprint density at radius 2 is 2.00 bits per heavy atom. The number of nitrogens with zero attached hydrogens (tertiary/aromatic N) is 2. The van der Waals surface area contributed by atoms with Crippen LogP contribution in [0.4, 0.5) is 5.69 Å². The maximum atomic E-state index is 12.7. The second kappa shape index (κ2) is 6.49. The van der Waals surface area contributed by atoms with Crippen molar-refractivity contribution in [3.63, 3.8) is 0 Å². The quantitative estimate of drug-likeness (QED) is 0.698. The second-order valence-electron chi connectivity index (χ2n) is 8.26. The minimum absolute atomic E-state index is 0.0648. The highest BCUT2D eigenvalue weighted by atomic mass is 32.2. The van der Waals surface area contributed by atoms with E-state index in [0.717, 1.165) is 46.6 Å². The Morgan fingerprint density at radius 1 is 1.21 bits per heavy atom. The lowest BCUT2D eigenvalue weighted by Gasteiger charge is -2.26. The van der Waals surface area contributed by atoms with Crippen LogP contribution in [0.2, 0.25) is 0 Å². The van der Waals surface area contributed by atoms with E-state index >= 15 is 0 Å². The first kappa shape index (κ1) is 18.5. The number of benzene rings is 1. The zero-order valence-corrected chi connectivity index (χ0v) is 17.6. The van der Waals surface area contributed by atoms with Gasteiger partial charge in [0.15, 0.2) is 9.84 Å². The van der Waals surface area contributed by atoms with E-state index < -0.39 is 9.84 Å². The Morgan fingerprint density at radius 3 is 2.72 bits per heavy atom. The standard InChI is InChI=1S/C22H25N3O3S/c1-3-29(27,28)16-6-7-19-17(10-16)18-13-24(2)22(26)21-20(18)15(11-23-21)12-25(19)9-8-14-4-5-14/h6-7,10-11,13-14,23H,3-5,8-9,12H2,1-2H3. The number of aromatic nitrogens is 2. The van der Waals surface area contributed by atoms with E-state index in [1.807, 2.05) is 18.5 Å². The van der Waals surface area contributed by atoms with Gasteiger partial charge in [-0.15, -0.1) is 0 Å². The van der Waals surface area contributed by atoms with Crippen molar-refractivity contribution in [2.24, 2.45) is 13.0 Å². The van der Waals surface area contributed by atoms with Crippen LogP contribution >= 0.6 is 0 Å². The summed E-state index contributed by atoms with van der Waals surface area (Å²) in [5.74, 6) is 0.871. The number of nitrogens with one attached hydrogen (secondary N) is 1. The van der Waals surface area contributed by atoms with Crippen molar-refractivity contribution in [3.05, 3.63) is 46.5 Å². The molecule has 3 aromatic rings. The molecule has 2 aromatic heterocycles. The Kier molecular flexibility index (Phi) is 4.13. The van der Waals surface area contributed by atoms with Crippen LogP contribution in [-0.4, -0.2) is 30.3 Å². The summed E-state index contributed by atoms with van der Waals surface area (Å²) in [6.45, 7) is 3.30. The van der Waals surface area contributed by atoms with E-state index in [2.05, 4.69) is 9.88 Å². The van der Waals surface area contributed by atoms with Gasteiger partial charge in [0.1, 0.15) is 5.52 Å². The van der Waals surface area contributed by atoms with Crippen molar-refractivity contribution < 1.29 is 8.42 Å². The number of anilines is 1. The number of aryl methyl sites for hydroxylation is 1. The summed E-state index contributed by atoms with van der Waals surface area (Å²) in [6, 6.07) is 5.46. The lowest BCUT2D eigenvalue weighted by molar-refractivity contribution is 0.597. The Labute approximate surface area is 170 Å². The highest BCUT2D eigenvalue weighted by Crippen LogP contribution is 2.42. The third kappa shape index (κ3) is 2.99. The maximum Gasteiger partial charge on any atom is 0.274 e. The fourth-order valence-corrected chi connectivity index (χ4v) is 5.27. The van der Waals surface area contributed by atoms with Gasteiger partial charge in [0.25, 0.3) is 5.56 Å². The molecule has 6 nitrogen and oxygen atoms in total. The van der Waals surface area contributed by atoms with E-state index in [1.54, 1.807) is 30.7 Å². The van der Waals surface area contributed by atoms with Crippen molar-refractivity contribution in [2.45, 2.75) is 37.6 Å². The molecule has 152 valence electrons. The van der Waals surface area contributed by atoms with Crippen molar-refractivity contribution in [1.82, 2.24) is 9.55 Å². The topological polar surface area (TPSA) is 75.2 Å². The number of pyridine rings is 1. The first-order valence-electron chi connectivity index (χ1n) is 10.2. The summed E-state index contributed by atoms with van der Waals surface area (Å²) in [5, 5.41) is 0.911. The molecule has 29 heavy (non-hydrogen) atoms. The van der Waals surface area contributed by atoms with Gasteiger partial charge < -0.3 is 14.5 Å². The molecule has 1 aliphatic carbocycles. The molecule has 0 saturated heterocycles. The molecule has 1 fully saturated rings. The molecule has 0 unspecified atom stereocenters. The van der Waals surface area contributed by atoms with Gasteiger partial charge in [0.2, 0.25) is 0 Å². The molecular formula is C22H25N3O3S. The summed E-state index contributed by atoms with van der Waals surface area (Å²) >= 11 is 0. The fraction of sp³-hybridized carbons (Fsp3) is 0.409. The number of hydrogen-bond donors (Lipinski definition) is 1. The average Bonchev–Trinajstić information content (AvgIpc) is 3.47. The molecule has 0 atom stereocenters. The first-order valence-corrected chi connectivity index (χ1v) is 11.9. The molecule has 1 aliphatic heterocycles. The van der Waals surface area contributed by atoms with Crippen LogP contribution in [0.25, 0.3) is 22.0 Å². The number of rotatable bonds is 5. The van der Waals surface area contributed by atoms with Crippen molar-refractivity contribution >= 4 is 26.4 Å². The average molecular weight is 412 g/mol. The van der Waals surface area contributed by atoms with Gasteiger partial charge in [-0.25, -0.2) is 8.42 Å². The molecule has 2 aliphatic rings. The van der Waals surface area contributed by atoms with Crippen molar-refractivity contribution in [1.29, 1.82) is 0 Å². The molecule has 1 aromatic carbocycles.